The number of hydrogen-bond donors (Lipinski definition) is 0. The van der Waals surface area contributed by atoms with Crippen molar-refractivity contribution in [2.45, 2.75) is 11.5 Å². The molecule has 0 atom stereocenters. The molecule has 0 aliphatic carbocycles. The average molecular weight is 576 g/mol. The number of fused-ring (bicyclic) bond motifs is 9. The highest BCUT2D eigenvalue weighted by Crippen LogP contribution is 2.41. The summed E-state index contributed by atoms with van der Waals surface area (Å²) in [5.41, 5.74) is 10.5. The number of furan rings is 1. The summed E-state index contributed by atoms with van der Waals surface area (Å²) in [5, 5.41) is 4.54. The van der Waals surface area contributed by atoms with Crippen molar-refractivity contribution in [1.29, 1.82) is 0 Å². The van der Waals surface area contributed by atoms with Crippen LogP contribution in [0.5, 0.6) is 0 Å². The second-order valence-corrected chi connectivity index (χ2v) is 13.5. The molecule has 43 heavy (non-hydrogen) atoms. The van der Waals surface area contributed by atoms with Gasteiger partial charge in [-0.3, -0.25) is 0 Å². The van der Waals surface area contributed by atoms with E-state index in [1.165, 1.54) is 10.8 Å². The fraction of sp³-hybridized carbons (Fsp3) is 0.0526. The van der Waals surface area contributed by atoms with Gasteiger partial charge in [0, 0.05) is 32.8 Å². The first-order chi connectivity index (χ1) is 21.0. The number of hydrogen-bond acceptors (Lipinski definition) is 3. The predicted octanol–water partition coefficient (Wildman–Crippen LogP) is 9.45. The van der Waals surface area contributed by atoms with E-state index < -0.39 is 9.84 Å². The zero-order valence-corrected chi connectivity index (χ0v) is 23.9. The smallest absolute Gasteiger partial charge is 0.158 e. The normalized spacial score (nSPS) is 14.2. The lowest BCUT2D eigenvalue weighted by Gasteiger charge is -2.15. The summed E-state index contributed by atoms with van der Waals surface area (Å²) in [4.78, 5) is 0. The summed E-state index contributed by atoms with van der Waals surface area (Å²) in [6.07, 6.45) is 0. The molecule has 1 aliphatic rings. The topological polar surface area (TPSA) is 52.2 Å². The third-order valence-electron chi connectivity index (χ3n) is 8.80. The number of sulfone groups is 1. The van der Waals surface area contributed by atoms with Crippen LogP contribution in [0, 0.1) is 0 Å². The number of benzene rings is 6. The zero-order valence-electron chi connectivity index (χ0n) is 23.1. The van der Waals surface area contributed by atoms with Crippen LogP contribution in [0.1, 0.15) is 11.1 Å². The van der Waals surface area contributed by atoms with Crippen molar-refractivity contribution in [1.82, 2.24) is 4.57 Å². The Morgan fingerprint density at radius 2 is 1.14 bits per heavy atom. The van der Waals surface area contributed by atoms with E-state index >= 15 is 0 Å². The fourth-order valence-corrected chi connectivity index (χ4v) is 8.45. The number of para-hydroxylation sites is 4. The van der Waals surface area contributed by atoms with Crippen molar-refractivity contribution < 1.29 is 12.8 Å². The maximum atomic E-state index is 13.3. The lowest BCUT2D eigenvalue weighted by Crippen LogP contribution is -2.05. The molecule has 0 fully saturated rings. The maximum absolute atomic E-state index is 13.3. The van der Waals surface area contributed by atoms with Gasteiger partial charge in [0.05, 0.1) is 22.5 Å². The largest absolute Gasteiger partial charge is 0.455 e. The van der Waals surface area contributed by atoms with E-state index in [4.69, 9.17) is 4.42 Å². The minimum atomic E-state index is -3.34. The van der Waals surface area contributed by atoms with Crippen LogP contribution in [0.3, 0.4) is 0 Å². The third kappa shape index (κ3) is 3.71. The molecule has 0 bridgehead atoms. The Hall–Kier alpha value is -5.13. The molecule has 6 aromatic carbocycles. The van der Waals surface area contributed by atoms with Crippen molar-refractivity contribution in [2.75, 3.05) is 0 Å². The first-order valence-electron chi connectivity index (χ1n) is 14.4. The maximum Gasteiger partial charge on any atom is 0.158 e. The summed E-state index contributed by atoms with van der Waals surface area (Å²) in [6.45, 7) is 0. The Bertz CT molecular complexity index is 2480. The van der Waals surface area contributed by atoms with Crippen molar-refractivity contribution in [3.63, 3.8) is 0 Å². The molecule has 3 heterocycles. The summed E-state index contributed by atoms with van der Waals surface area (Å²) in [5.74, 6) is 0.0236. The number of nitrogens with zero attached hydrogens (tertiary/aromatic N) is 1. The Labute approximate surface area is 248 Å². The van der Waals surface area contributed by atoms with Crippen molar-refractivity contribution in [3.8, 4) is 27.9 Å². The van der Waals surface area contributed by atoms with Crippen LogP contribution in [0.25, 0.3) is 71.7 Å². The van der Waals surface area contributed by atoms with Crippen molar-refractivity contribution in [2.24, 2.45) is 0 Å². The lowest BCUT2D eigenvalue weighted by molar-refractivity contribution is 0.595. The first-order valence-corrected chi connectivity index (χ1v) is 16.2. The molecule has 0 unspecified atom stereocenters. The molecular weight excluding hydrogens is 550 g/mol. The van der Waals surface area contributed by atoms with Crippen LogP contribution in [0.4, 0.5) is 0 Å². The Kier molecular flexibility index (Phi) is 5.08. The van der Waals surface area contributed by atoms with E-state index in [0.29, 0.717) is 0 Å². The Balaban J connectivity index is 1.30. The summed E-state index contributed by atoms with van der Waals surface area (Å²) in [7, 11) is -3.34. The number of aromatic nitrogens is 1. The second-order valence-electron chi connectivity index (χ2n) is 11.4. The third-order valence-corrected chi connectivity index (χ3v) is 10.3. The van der Waals surface area contributed by atoms with Crippen molar-refractivity contribution >= 4 is 53.6 Å². The van der Waals surface area contributed by atoms with Gasteiger partial charge in [0.25, 0.3) is 0 Å². The van der Waals surface area contributed by atoms with E-state index in [2.05, 4.69) is 95.6 Å². The minimum Gasteiger partial charge on any atom is -0.455 e. The first kappa shape index (κ1) is 24.5. The van der Waals surface area contributed by atoms with Gasteiger partial charge in [0.15, 0.2) is 9.84 Å². The lowest BCUT2D eigenvalue weighted by atomic mass is 9.92. The van der Waals surface area contributed by atoms with E-state index in [9.17, 15) is 8.42 Å². The van der Waals surface area contributed by atoms with E-state index in [-0.39, 0.29) is 11.5 Å². The molecular formula is C38H25NO3S. The van der Waals surface area contributed by atoms with Gasteiger partial charge in [-0.25, -0.2) is 8.42 Å². The standard InChI is InChI=1S/C38H25NO3S/c40-43(41)22-25-17-16-24(28-11-7-12-32-31-10-3-6-15-37(31)42-38(28)32)20-33(25)34-21-27(19-18-26(34)23-43)39-35-13-4-1-8-29(35)30-9-2-5-14-36(30)39/h1-21H,22-23H2. The van der Waals surface area contributed by atoms with E-state index in [0.717, 1.165) is 72.0 Å². The zero-order chi connectivity index (χ0) is 28.7. The molecule has 206 valence electrons. The molecule has 0 saturated heterocycles. The van der Waals surface area contributed by atoms with Gasteiger partial charge in [-0.1, -0.05) is 91.0 Å². The second kappa shape index (κ2) is 8.93. The molecule has 0 N–H and O–H groups in total. The molecule has 0 amide bonds. The van der Waals surface area contributed by atoms with Crippen LogP contribution < -0.4 is 0 Å². The van der Waals surface area contributed by atoms with Crippen LogP contribution in [-0.2, 0) is 21.3 Å². The van der Waals surface area contributed by atoms with Gasteiger partial charge in [-0.15, -0.1) is 0 Å². The quantitative estimate of drug-likeness (QED) is 0.206. The Morgan fingerprint density at radius 3 is 1.88 bits per heavy atom. The van der Waals surface area contributed by atoms with Crippen molar-refractivity contribution in [3.05, 3.63) is 139 Å². The molecule has 5 heteroatoms. The molecule has 2 aromatic heterocycles. The van der Waals surface area contributed by atoms with Gasteiger partial charge in [0.2, 0.25) is 0 Å². The SMILES string of the molecule is O=S1(=O)Cc2ccc(-c3cccc4c3oc3ccccc34)cc2-c2cc(-n3c4ccccc4c4ccccc43)ccc2C1. The van der Waals surface area contributed by atoms with Gasteiger partial charge < -0.3 is 8.98 Å². The van der Waals surface area contributed by atoms with Gasteiger partial charge in [-0.05, 0) is 64.2 Å². The highest BCUT2D eigenvalue weighted by Gasteiger charge is 2.25. The highest BCUT2D eigenvalue weighted by atomic mass is 32.2. The van der Waals surface area contributed by atoms with E-state index in [1.807, 2.05) is 36.4 Å². The van der Waals surface area contributed by atoms with Gasteiger partial charge in [-0.2, -0.15) is 0 Å². The molecule has 0 spiro atoms. The Morgan fingerprint density at radius 1 is 0.535 bits per heavy atom. The van der Waals surface area contributed by atoms with Gasteiger partial charge in [0.1, 0.15) is 11.2 Å². The van der Waals surface area contributed by atoms with E-state index in [1.54, 1.807) is 0 Å². The summed E-state index contributed by atoms with van der Waals surface area (Å²) >= 11 is 0. The predicted molar refractivity (Wildman–Crippen MR) is 175 cm³/mol. The molecule has 0 saturated carbocycles. The summed E-state index contributed by atoms with van der Waals surface area (Å²) < 4.78 is 35.2. The molecule has 0 radical (unpaired) electrons. The molecule has 8 aromatic rings. The van der Waals surface area contributed by atoms with Crippen LogP contribution in [-0.4, -0.2) is 13.0 Å². The van der Waals surface area contributed by atoms with Crippen LogP contribution in [0.15, 0.2) is 132 Å². The molecule has 9 rings (SSSR count). The molecule has 1 aliphatic heterocycles. The average Bonchev–Trinajstić information content (AvgIpc) is 3.54. The van der Waals surface area contributed by atoms with Crippen LogP contribution >= 0.6 is 0 Å². The monoisotopic (exact) mass is 575 g/mol. The summed E-state index contributed by atoms with van der Waals surface area (Å²) in [6, 6.07) is 43.6. The highest BCUT2D eigenvalue weighted by molar-refractivity contribution is 7.89. The molecule has 4 nitrogen and oxygen atoms in total. The fourth-order valence-electron chi connectivity index (χ4n) is 6.90. The number of rotatable bonds is 2. The minimum absolute atomic E-state index is 0.0108. The van der Waals surface area contributed by atoms with Gasteiger partial charge >= 0.3 is 0 Å². The van der Waals surface area contributed by atoms with Crippen LogP contribution in [0.2, 0.25) is 0 Å².